The number of hydrogen-bond donors (Lipinski definition) is 4. The van der Waals surface area contributed by atoms with E-state index in [-0.39, 0.29) is 11.0 Å². The Morgan fingerprint density at radius 1 is 0.889 bits per heavy atom. The molecule has 0 aliphatic carbocycles. The number of nitrogens with one attached hydrogen (secondary N) is 2. The molecule has 0 saturated heterocycles. The van der Waals surface area contributed by atoms with Gasteiger partial charge in [0.1, 0.15) is 22.7 Å². The molecule has 2 aliphatic heterocycles. The van der Waals surface area contributed by atoms with Crippen molar-refractivity contribution in [3.8, 4) is 0 Å². The molecule has 0 bridgehead atoms. The summed E-state index contributed by atoms with van der Waals surface area (Å²) in [6.45, 7) is 11.5. The van der Waals surface area contributed by atoms with Gasteiger partial charge in [-0.2, -0.15) is 18.6 Å². The highest BCUT2D eigenvalue weighted by molar-refractivity contribution is 7.87. The molecule has 2 rings (SSSR count). The van der Waals surface area contributed by atoms with Crippen LogP contribution in [-0.2, 0) is 26.4 Å². The van der Waals surface area contributed by atoms with Crippen molar-refractivity contribution in [3.63, 3.8) is 0 Å². The molecule has 0 unspecified atom stereocenters. The van der Waals surface area contributed by atoms with E-state index in [4.69, 9.17) is 9.11 Å². The van der Waals surface area contributed by atoms with Crippen LogP contribution < -0.4 is 10.6 Å². The van der Waals surface area contributed by atoms with Gasteiger partial charge in [-0.05, 0) is 27.7 Å². The average molecular weight is 433 g/mol. The fourth-order valence-electron chi connectivity index (χ4n) is 2.01. The predicted molar refractivity (Wildman–Crippen MR) is 103 cm³/mol. The van der Waals surface area contributed by atoms with Crippen LogP contribution in [-0.4, -0.2) is 77.4 Å². The maximum atomic E-state index is 9.35. The second-order valence-corrected chi connectivity index (χ2v) is 7.55. The van der Waals surface area contributed by atoms with Crippen LogP contribution in [0.3, 0.4) is 0 Å². The Morgan fingerprint density at radius 2 is 1.22 bits per heavy atom. The summed E-state index contributed by atoms with van der Waals surface area (Å²) in [7, 11) is 0. The molecule has 8 N–H and O–H groups in total. The number of nitrogens with zero attached hydrogens (tertiary/aromatic N) is 4. The lowest BCUT2D eigenvalue weighted by Gasteiger charge is -2.23. The third-order valence-corrected chi connectivity index (χ3v) is 4.11. The van der Waals surface area contributed by atoms with Crippen LogP contribution in [0, 0.1) is 0 Å². The molecule has 0 aromatic heterocycles. The Balaban J connectivity index is 0. The van der Waals surface area contributed by atoms with Crippen molar-refractivity contribution < 1.29 is 32.1 Å². The van der Waals surface area contributed by atoms with Crippen molar-refractivity contribution in [2.24, 2.45) is 20.2 Å². The molecular weight excluding hydrogens is 404 g/mol. The van der Waals surface area contributed by atoms with Gasteiger partial charge in [0, 0.05) is 13.1 Å². The van der Waals surface area contributed by atoms with E-state index in [2.05, 4.69) is 34.5 Å². The van der Waals surface area contributed by atoms with Crippen LogP contribution in [0.2, 0.25) is 0 Å². The Bertz CT molecular complexity index is 559. The quantitative estimate of drug-likeness (QED) is 0.291. The zero-order valence-corrected chi connectivity index (χ0v) is 17.2. The van der Waals surface area contributed by atoms with E-state index >= 15 is 0 Å². The van der Waals surface area contributed by atoms with Crippen LogP contribution in [0.1, 0.15) is 27.7 Å². The van der Waals surface area contributed by atoms with Gasteiger partial charge in [0.15, 0.2) is 0 Å². The number of amidine groups is 2. The molecule has 0 saturated carbocycles. The lowest BCUT2D eigenvalue weighted by molar-refractivity contribution is 0.427. The van der Waals surface area contributed by atoms with E-state index in [1.54, 1.807) is 0 Å². The van der Waals surface area contributed by atoms with Gasteiger partial charge in [-0.3, -0.25) is 19.1 Å². The number of aliphatic imine (C=N–C) groups is 2. The molecule has 2 heterocycles. The van der Waals surface area contributed by atoms with Gasteiger partial charge in [-0.25, -0.2) is 0 Å². The summed E-state index contributed by atoms with van der Waals surface area (Å²) in [5.41, 5.74) is -0.792. The minimum atomic E-state index is -2.65. The molecule has 27 heavy (non-hydrogen) atoms. The van der Waals surface area contributed by atoms with Crippen LogP contribution in [0.5, 0.6) is 0 Å². The molecule has 0 aromatic carbocycles. The van der Waals surface area contributed by atoms with Gasteiger partial charge in [-0.15, -0.1) is 3.63 Å². The molecule has 0 atom stereocenters. The fraction of sp³-hybridized carbons (Fsp3) is 0.833. The fourth-order valence-corrected chi connectivity index (χ4v) is 2.41. The summed E-state index contributed by atoms with van der Waals surface area (Å²) in [5.74, 6) is 1.84. The highest BCUT2D eigenvalue weighted by atomic mass is 32.3. The highest BCUT2D eigenvalue weighted by Gasteiger charge is 2.31. The lowest BCUT2D eigenvalue weighted by Crippen LogP contribution is -2.41. The van der Waals surface area contributed by atoms with E-state index in [1.807, 2.05) is 27.7 Å². The van der Waals surface area contributed by atoms with Gasteiger partial charge >= 0.3 is 22.7 Å². The van der Waals surface area contributed by atoms with Crippen LogP contribution in [0.4, 0.5) is 0 Å². The van der Waals surface area contributed by atoms with Crippen LogP contribution in [0.15, 0.2) is 20.2 Å². The molecule has 0 aromatic rings. The number of rotatable bonds is 6. The second-order valence-electron chi connectivity index (χ2n) is 6.13. The van der Waals surface area contributed by atoms with Crippen molar-refractivity contribution in [2.75, 3.05) is 26.2 Å². The molecule has 0 amide bonds. The van der Waals surface area contributed by atoms with E-state index in [0.29, 0.717) is 0 Å². The minimum Gasteiger partial charge on any atom is -0.412 e. The number of hydrogen-bond acceptors (Lipinski definition) is 9. The largest absolute Gasteiger partial charge is 0.412 e. The molecule has 160 valence electrons. The molecule has 0 spiro atoms. The molecule has 15 heteroatoms. The van der Waals surface area contributed by atoms with E-state index in [1.165, 1.54) is 0 Å². The zero-order valence-electron chi connectivity index (χ0n) is 15.6. The molecule has 0 radical (unpaired) electrons. The Kier molecular flexibility index (Phi) is 12.6. The highest BCUT2D eigenvalue weighted by Crippen LogP contribution is 2.19. The molecule has 2 aliphatic rings. The van der Waals surface area contributed by atoms with Gasteiger partial charge in [0.05, 0.1) is 13.1 Å². The van der Waals surface area contributed by atoms with Crippen molar-refractivity contribution in [1.82, 2.24) is 10.6 Å². The summed E-state index contributed by atoms with van der Waals surface area (Å²) in [6, 6.07) is 0. The normalized spacial score (nSPS) is 18.6. The SMILES string of the molecule is CC(C)(N=NC(C)(C)C1=NCCN1)C1=NCCN1.O.O.O=S(O)OS(=O)O. The van der Waals surface area contributed by atoms with Crippen LogP contribution >= 0.6 is 0 Å². The first kappa shape index (κ1) is 27.9. The standard InChI is InChI=1S/C12H22N6.H2O5S2.2H2O/c1-11(2,9-13-5-6-14-9)17-18-12(3,4)10-15-7-8-16-10;1-6(2)5-7(3)4;;/h5-8H2,1-4H3,(H,13,14)(H,15,16);(H,1,2)(H,3,4);2*1H2. The summed E-state index contributed by atoms with van der Waals surface area (Å²) in [5, 5.41) is 15.4. The van der Waals surface area contributed by atoms with Crippen molar-refractivity contribution in [2.45, 2.75) is 38.8 Å². The molecule has 13 nitrogen and oxygen atoms in total. The zero-order chi connectivity index (χ0) is 19.1. The van der Waals surface area contributed by atoms with Gasteiger partial charge in [0.2, 0.25) is 0 Å². The smallest absolute Gasteiger partial charge is 0.317 e. The predicted octanol–water partition coefficient (Wildman–Crippen LogP) is -1.37. The summed E-state index contributed by atoms with van der Waals surface area (Å²) >= 11 is -5.29. The Labute approximate surface area is 162 Å². The minimum absolute atomic E-state index is 0. The first-order valence-electron chi connectivity index (χ1n) is 7.47. The van der Waals surface area contributed by atoms with Crippen molar-refractivity contribution in [1.29, 1.82) is 0 Å². The van der Waals surface area contributed by atoms with E-state index in [9.17, 15) is 8.42 Å². The maximum absolute atomic E-state index is 9.35. The topological polar surface area (TPSA) is 220 Å². The third kappa shape index (κ3) is 9.94. The Morgan fingerprint density at radius 3 is 1.41 bits per heavy atom. The van der Waals surface area contributed by atoms with E-state index in [0.717, 1.165) is 37.9 Å². The number of azo groups is 1. The van der Waals surface area contributed by atoms with Gasteiger partial charge < -0.3 is 21.6 Å². The first-order valence-corrected chi connectivity index (χ1v) is 9.53. The lowest BCUT2D eigenvalue weighted by atomic mass is 10.0. The van der Waals surface area contributed by atoms with Crippen molar-refractivity contribution >= 4 is 34.4 Å². The third-order valence-electron chi connectivity index (χ3n) is 3.17. The molecular formula is C12H28N6O7S2. The Hall–Kier alpha value is -1.36. The molecule has 0 fully saturated rings. The first-order chi connectivity index (χ1) is 11.5. The van der Waals surface area contributed by atoms with Gasteiger partial charge in [0.25, 0.3) is 0 Å². The van der Waals surface area contributed by atoms with Gasteiger partial charge in [-0.1, -0.05) is 0 Å². The maximum Gasteiger partial charge on any atom is 0.317 e. The monoisotopic (exact) mass is 432 g/mol. The van der Waals surface area contributed by atoms with Crippen LogP contribution in [0.25, 0.3) is 0 Å². The summed E-state index contributed by atoms with van der Waals surface area (Å²) < 4.78 is 37.2. The summed E-state index contributed by atoms with van der Waals surface area (Å²) in [6.07, 6.45) is 0. The second kappa shape index (κ2) is 12.2. The summed E-state index contributed by atoms with van der Waals surface area (Å²) in [4.78, 5) is 8.82. The average Bonchev–Trinajstić information content (AvgIpc) is 3.18. The van der Waals surface area contributed by atoms with Crippen molar-refractivity contribution in [3.05, 3.63) is 0 Å². The van der Waals surface area contributed by atoms with E-state index < -0.39 is 33.8 Å².